The summed E-state index contributed by atoms with van der Waals surface area (Å²) in [5.41, 5.74) is 0.476. The molecule has 1 amide bonds. The molecule has 8 heteroatoms. The summed E-state index contributed by atoms with van der Waals surface area (Å²) in [7, 11) is -2.61. The maximum absolute atomic E-state index is 13.8. The molecule has 0 aliphatic rings. The number of nitrogens with zero attached hydrogens (tertiary/aromatic N) is 1. The Morgan fingerprint density at radius 2 is 1.92 bits per heavy atom. The lowest BCUT2D eigenvalue weighted by Gasteiger charge is -2.20. The second-order valence-corrected chi connectivity index (χ2v) is 7.05. The molecule has 0 fully saturated rings. The predicted octanol–water partition coefficient (Wildman–Crippen LogP) is 2.48. The van der Waals surface area contributed by atoms with Crippen LogP contribution in [0.3, 0.4) is 0 Å². The van der Waals surface area contributed by atoms with Crippen LogP contribution in [-0.4, -0.2) is 38.8 Å². The van der Waals surface area contributed by atoms with E-state index in [1.807, 2.05) is 0 Å². The van der Waals surface area contributed by atoms with Gasteiger partial charge in [-0.15, -0.1) is 0 Å². The summed E-state index contributed by atoms with van der Waals surface area (Å²) in [6.07, 6.45) is 0. The molecule has 0 spiro atoms. The minimum atomic E-state index is -4.11. The second-order valence-electron chi connectivity index (χ2n) is 5.14. The number of halogens is 1. The van der Waals surface area contributed by atoms with Crippen molar-refractivity contribution in [3.05, 3.63) is 54.3 Å². The molecule has 1 N–H and O–H groups in total. The molecule has 25 heavy (non-hydrogen) atoms. The number of hydrogen-bond donors (Lipinski definition) is 1. The number of anilines is 1. The number of amides is 1. The zero-order valence-electron chi connectivity index (χ0n) is 13.9. The van der Waals surface area contributed by atoms with Gasteiger partial charge in [0.25, 0.3) is 0 Å². The summed E-state index contributed by atoms with van der Waals surface area (Å²) in [5.74, 6) is -0.826. The van der Waals surface area contributed by atoms with E-state index in [4.69, 9.17) is 4.74 Å². The van der Waals surface area contributed by atoms with Crippen LogP contribution in [0.15, 0.2) is 53.4 Å². The molecule has 0 unspecified atom stereocenters. The first-order valence-corrected chi connectivity index (χ1v) is 9.01. The maximum Gasteiger partial charge on any atom is 0.246 e. The highest BCUT2D eigenvalue weighted by Crippen LogP contribution is 2.20. The lowest BCUT2D eigenvalue weighted by Crippen LogP contribution is -2.38. The van der Waals surface area contributed by atoms with Gasteiger partial charge >= 0.3 is 0 Å². The van der Waals surface area contributed by atoms with Crippen molar-refractivity contribution in [1.82, 2.24) is 4.31 Å². The van der Waals surface area contributed by atoms with Gasteiger partial charge in [-0.25, -0.2) is 12.8 Å². The Kier molecular flexibility index (Phi) is 6.11. The molecule has 0 aliphatic carbocycles. The van der Waals surface area contributed by atoms with Gasteiger partial charge in [0.15, 0.2) is 0 Å². The van der Waals surface area contributed by atoms with Crippen LogP contribution >= 0.6 is 0 Å². The molecule has 0 aliphatic heterocycles. The van der Waals surface area contributed by atoms with Crippen molar-refractivity contribution < 1.29 is 22.3 Å². The van der Waals surface area contributed by atoms with E-state index in [1.54, 1.807) is 31.2 Å². The van der Waals surface area contributed by atoms with Crippen LogP contribution in [0.5, 0.6) is 5.75 Å². The van der Waals surface area contributed by atoms with Gasteiger partial charge in [-0.2, -0.15) is 4.31 Å². The van der Waals surface area contributed by atoms with Crippen molar-refractivity contribution in [3.8, 4) is 5.75 Å². The van der Waals surface area contributed by atoms with E-state index >= 15 is 0 Å². The zero-order valence-corrected chi connectivity index (χ0v) is 14.7. The molecule has 6 nitrogen and oxygen atoms in total. The number of nitrogens with one attached hydrogen (secondary N) is 1. The minimum Gasteiger partial charge on any atom is -0.497 e. The first-order chi connectivity index (χ1) is 11.9. The molecule has 2 rings (SSSR count). The fourth-order valence-corrected chi connectivity index (χ4v) is 3.69. The number of methoxy groups -OCH3 is 1. The highest BCUT2D eigenvalue weighted by molar-refractivity contribution is 7.89. The lowest BCUT2D eigenvalue weighted by molar-refractivity contribution is -0.116. The number of ether oxygens (including phenoxy) is 1. The number of sulfonamides is 1. The standard InChI is InChI=1S/C17H19FN2O4S/c1-3-20(25(22,23)16-10-5-4-9-15(16)18)12-17(21)19-13-7-6-8-14(11-13)24-2/h4-11H,3,12H2,1-2H3,(H,19,21). The van der Waals surface area contributed by atoms with Crippen molar-refractivity contribution in [2.24, 2.45) is 0 Å². The van der Waals surface area contributed by atoms with E-state index in [1.165, 1.54) is 25.3 Å². The van der Waals surface area contributed by atoms with Gasteiger partial charge < -0.3 is 10.1 Å². The molecule has 0 aromatic heterocycles. The number of rotatable bonds is 7. The lowest BCUT2D eigenvalue weighted by atomic mass is 10.3. The summed E-state index contributed by atoms with van der Waals surface area (Å²) < 4.78 is 44.9. The Labute approximate surface area is 146 Å². The average molecular weight is 366 g/mol. The molecule has 2 aromatic rings. The molecule has 134 valence electrons. The van der Waals surface area contributed by atoms with Crippen molar-refractivity contribution in [2.45, 2.75) is 11.8 Å². The van der Waals surface area contributed by atoms with Crippen molar-refractivity contribution in [3.63, 3.8) is 0 Å². The number of hydrogen-bond acceptors (Lipinski definition) is 4. The summed E-state index contributed by atoms with van der Waals surface area (Å²) >= 11 is 0. The Balaban J connectivity index is 2.15. The van der Waals surface area contributed by atoms with E-state index in [2.05, 4.69) is 5.32 Å². The molecule has 0 atom stereocenters. The van der Waals surface area contributed by atoms with Crippen LogP contribution in [0.25, 0.3) is 0 Å². The molecule has 2 aromatic carbocycles. The molecule has 0 saturated carbocycles. The largest absolute Gasteiger partial charge is 0.497 e. The Morgan fingerprint density at radius 3 is 2.56 bits per heavy atom. The fourth-order valence-electron chi connectivity index (χ4n) is 2.22. The van der Waals surface area contributed by atoms with Crippen LogP contribution in [0, 0.1) is 5.82 Å². The quantitative estimate of drug-likeness (QED) is 0.817. The zero-order chi connectivity index (χ0) is 18.4. The third-order valence-electron chi connectivity index (χ3n) is 3.48. The number of likely N-dealkylation sites (N-methyl/N-ethyl adjacent to an activating group) is 1. The molecular weight excluding hydrogens is 347 g/mol. The normalized spacial score (nSPS) is 11.4. The van der Waals surface area contributed by atoms with Gasteiger partial charge in [-0.05, 0) is 24.3 Å². The number of benzene rings is 2. The minimum absolute atomic E-state index is 0.0300. The Hall–Kier alpha value is -2.45. The molecule has 0 heterocycles. The van der Waals surface area contributed by atoms with Crippen molar-refractivity contribution >= 4 is 21.6 Å². The van der Waals surface area contributed by atoms with Crippen LogP contribution in [-0.2, 0) is 14.8 Å². The summed E-state index contributed by atoms with van der Waals surface area (Å²) in [4.78, 5) is 11.7. The van der Waals surface area contributed by atoms with Crippen molar-refractivity contribution in [1.29, 1.82) is 0 Å². The molecular formula is C17H19FN2O4S. The van der Waals surface area contributed by atoms with Gasteiger partial charge in [-0.3, -0.25) is 4.79 Å². The second kappa shape index (κ2) is 8.09. The van der Waals surface area contributed by atoms with E-state index in [9.17, 15) is 17.6 Å². The third-order valence-corrected chi connectivity index (χ3v) is 5.43. The summed E-state index contributed by atoms with van der Waals surface area (Å²) in [6.45, 7) is 1.18. The first-order valence-electron chi connectivity index (χ1n) is 7.57. The van der Waals surface area contributed by atoms with Gasteiger partial charge in [0, 0.05) is 18.3 Å². The molecule has 0 saturated heterocycles. The fraction of sp³-hybridized carbons (Fsp3) is 0.235. The van der Waals surface area contributed by atoms with E-state index < -0.39 is 33.2 Å². The van der Waals surface area contributed by atoms with Crippen LogP contribution in [0.2, 0.25) is 0 Å². The summed E-state index contributed by atoms with van der Waals surface area (Å²) in [6, 6.07) is 11.8. The summed E-state index contributed by atoms with van der Waals surface area (Å²) in [5, 5.41) is 2.60. The van der Waals surface area contributed by atoms with Gasteiger partial charge in [0.05, 0.1) is 13.7 Å². The molecule has 0 radical (unpaired) electrons. The Bertz CT molecular complexity index is 855. The Morgan fingerprint density at radius 1 is 1.20 bits per heavy atom. The maximum atomic E-state index is 13.8. The smallest absolute Gasteiger partial charge is 0.246 e. The van der Waals surface area contributed by atoms with E-state index in [0.29, 0.717) is 11.4 Å². The van der Waals surface area contributed by atoms with Crippen LogP contribution in [0.4, 0.5) is 10.1 Å². The third kappa shape index (κ3) is 4.55. The highest BCUT2D eigenvalue weighted by atomic mass is 32.2. The van der Waals surface area contributed by atoms with E-state index in [-0.39, 0.29) is 6.54 Å². The van der Waals surface area contributed by atoms with Crippen molar-refractivity contribution in [2.75, 3.05) is 25.5 Å². The van der Waals surface area contributed by atoms with Gasteiger partial charge in [0.1, 0.15) is 16.5 Å². The van der Waals surface area contributed by atoms with Gasteiger partial charge in [0.2, 0.25) is 15.9 Å². The first kappa shape index (κ1) is 18.9. The highest BCUT2D eigenvalue weighted by Gasteiger charge is 2.27. The SMILES string of the molecule is CCN(CC(=O)Nc1cccc(OC)c1)S(=O)(=O)c1ccccc1F. The topological polar surface area (TPSA) is 75.7 Å². The monoisotopic (exact) mass is 366 g/mol. The van der Waals surface area contributed by atoms with Crippen LogP contribution in [0.1, 0.15) is 6.92 Å². The predicted molar refractivity (Wildman–Crippen MR) is 92.5 cm³/mol. The number of carbonyl (C=O) groups is 1. The van der Waals surface area contributed by atoms with Gasteiger partial charge in [-0.1, -0.05) is 25.1 Å². The van der Waals surface area contributed by atoms with Crippen LogP contribution < -0.4 is 10.1 Å². The molecule has 0 bridgehead atoms. The number of carbonyl (C=O) groups excluding carboxylic acids is 1. The van der Waals surface area contributed by atoms with E-state index in [0.717, 1.165) is 10.4 Å². The average Bonchev–Trinajstić information content (AvgIpc) is 2.59.